The molecule has 0 aliphatic heterocycles. The molecule has 5 heteroatoms. The average molecular weight is 223 g/mol. The fraction of sp³-hybridized carbons (Fsp3) is 0.273. The third kappa shape index (κ3) is 3.27. The fourth-order valence-corrected chi connectivity index (χ4v) is 1.07. The van der Waals surface area contributed by atoms with Crippen LogP contribution in [0.1, 0.15) is 17.3 Å². The van der Waals surface area contributed by atoms with E-state index in [-0.39, 0.29) is 5.91 Å². The van der Waals surface area contributed by atoms with Crippen LogP contribution in [0.4, 0.5) is 4.79 Å². The van der Waals surface area contributed by atoms with E-state index >= 15 is 0 Å². The summed E-state index contributed by atoms with van der Waals surface area (Å²) in [5, 5.41) is 2.66. The van der Waals surface area contributed by atoms with Crippen molar-refractivity contribution in [2.75, 3.05) is 13.7 Å². The van der Waals surface area contributed by atoms with Gasteiger partial charge in [-0.2, -0.15) is 0 Å². The molecule has 0 radical (unpaired) electrons. The summed E-state index contributed by atoms with van der Waals surface area (Å²) in [6.45, 7) is 2.41. The molecular formula is C11H13NO4. The highest BCUT2D eigenvalue weighted by Gasteiger charge is 2.06. The normalized spacial score (nSPS) is 9.38. The number of methoxy groups -OCH3 is 1. The van der Waals surface area contributed by atoms with Crippen LogP contribution in [0.3, 0.4) is 0 Å². The lowest BCUT2D eigenvalue weighted by Gasteiger charge is -2.04. The number of benzene rings is 1. The number of carbonyl (C=O) groups is 2. The van der Waals surface area contributed by atoms with Gasteiger partial charge in [0.15, 0.2) is 0 Å². The fourth-order valence-electron chi connectivity index (χ4n) is 1.07. The van der Waals surface area contributed by atoms with Gasteiger partial charge in [-0.15, -0.1) is 0 Å². The maximum atomic E-state index is 11.4. The molecular weight excluding hydrogens is 210 g/mol. The quantitative estimate of drug-likeness (QED) is 0.624. The summed E-state index contributed by atoms with van der Waals surface area (Å²) in [5.74, 6) is 0.173. The second-order valence-corrected chi connectivity index (χ2v) is 2.94. The minimum absolute atomic E-state index is 0.160. The topological polar surface area (TPSA) is 64.6 Å². The van der Waals surface area contributed by atoms with Crippen LogP contribution in [0, 0.1) is 0 Å². The van der Waals surface area contributed by atoms with Crippen LogP contribution < -0.4 is 10.1 Å². The maximum absolute atomic E-state index is 11.4. The molecule has 16 heavy (non-hydrogen) atoms. The van der Waals surface area contributed by atoms with Gasteiger partial charge >= 0.3 is 6.16 Å². The van der Waals surface area contributed by atoms with Gasteiger partial charge in [0, 0.05) is 12.1 Å². The maximum Gasteiger partial charge on any atom is 0.513 e. The van der Waals surface area contributed by atoms with Gasteiger partial charge < -0.3 is 14.8 Å². The summed E-state index contributed by atoms with van der Waals surface area (Å²) < 4.78 is 9.10. The zero-order valence-electron chi connectivity index (χ0n) is 9.15. The number of hydrogen-bond acceptors (Lipinski definition) is 4. The molecule has 0 aromatic heterocycles. The van der Waals surface area contributed by atoms with Gasteiger partial charge in [-0.1, -0.05) is 0 Å². The molecule has 0 bridgehead atoms. The predicted molar refractivity (Wildman–Crippen MR) is 57.5 cm³/mol. The Bertz CT molecular complexity index is 372. The number of carbonyl (C=O) groups excluding carboxylic acids is 2. The minimum atomic E-state index is -0.786. The Morgan fingerprint density at radius 1 is 1.25 bits per heavy atom. The van der Waals surface area contributed by atoms with Crippen LogP contribution in [0.25, 0.3) is 0 Å². The van der Waals surface area contributed by atoms with Crippen molar-refractivity contribution in [2.24, 2.45) is 0 Å². The Balaban J connectivity index is 2.67. The molecule has 0 atom stereocenters. The van der Waals surface area contributed by atoms with Gasteiger partial charge in [0.1, 0.15) is 5.75 Å². The first-order chi connectivity index (χ1) is 7.67. The standard InChI is InChI=1S/C11H13NO4/c1-3-12-10(13)8-4-6-9(7-5-8)16-11(14)15-2/h4-7H,3H2,1-2H3,(H,12,13). The van der Waals surface area contributed by atoms with Crippen LogP contribution >= 0.6 is 0 Å². The lowest BCUT2D eigenvalue weighted by molar-refractivity contribution is 0.0956. The first-order valence-corrected chi connectivity index (χ1v) is 4.81. The lowest BCUT2D eigenvalue weighted by atomic mass is 10.2. The van der Waals surface area contributed by atoms with Crippen molar-refractivity contribution in [1.29, 1.82) is 0 Å². The number of amides is 1. The predicted octanol–water partition coefficient (Wildman–Crippen LogP) is 1.58. The van der Waals surface area contributed by atoms with Crippen LogP contribution in [0.15, 0.2) is 24.3 Å². The molecule has 1 aromatic carbocycles. The second-order valence-electron chi connectivity index (χ2n) is 2.94. The zero-order chi connectivity index (χ0) is 12.0. The summed E-state index contributed by atoms with van der Waals surface area (Å²) in [4.78, 5) is 22.2. The minimum Gasteiger partial charge on any atom is -0.437 e. The summed E-state index contributed by atoms with van der Waals surface area (Å²) in [7, 11) is 1.23. The third-order valence-corrected chi connectivity index (χ3v) is 1.82. The number of hydrogen-bond donors (Lipinski definition) is 1. The van der Waals surface area contributed by atoms with E-state index in [0.29, 0.717) is 17.9 Å². The van der Waals surface area contributed by atoms with Crippen LogP contribution in [-0.4, -0.2) is 25.7 Å². The van der Waals surface area contributed by atoms with Crippen molar-refractivity contribution in [3.05, 3.63) is 29.8 Å². The third-order valence-electron chi connectivity index (χ3n) is 1.82. The number of nitrogens with one attached hydrogen (secondary N) is 1. The van der Waals surface area contributed by atoms with Crippen molar-refractivity contribution in [3.8, 4) is 5.75 Å². The van der Waals surface area contributed by atoms with Gasteiger partial charge in [-0.05, 0) is 31.2 Å². The molecule has 0 fully saturated rings. The van der Waals surface area contributed by atoms with E-state index in [0.717, 1.165) is 0 Å². The molecule has 0 saturated heterocycles. The average Bonchev–Trinajstić information content (AvgIpc) is 2.30. The molecule has 1 rings (SSSR count). The molecule has 0 unspecified atom stereocenters. The molecule has 0 aliphatic rings. The molecule has 1 aromatic rings. The smallest absolute Gasteiger partial charge is 0.437 e. The first kappa shape index (κ1) is 12.0. The van der Waals surface area contributed by atoms with Crippen LogP contribution in [0.2, 0.25) is 0 Å². The SMILES string of the molecule is CCNC(=O)c1ccc(OC(=O)OC)cc1. The van der Waals surface area contributed by atoms with Gasteiger partial charge in [0.2, 0.25) is 0 Å². The monoisotopic (exact) mass is 223 g/mol. The summed E-state index contributed by atoms with van der Waals surface area (Å²) in [5.41, 5.74) is 0.513. The van der Waals surface area contributed by atoms with Crippen molar-refractivity contribution in [2.45, 2.75) is 6.92 Å². The second kappa shape index (κ2) is 5.75. The molecule has 0 heterocycles. The van der Waals surface area contributed by atoms with Crippen molar-refractivity contribution in [1.82, 2.24) is 5.32 Å². The van der Waals surface area contributed by atoms with Crippen molar-refractivity contribution < 1.29 is 19.1 Å². The van der Waals surface area contributed by atoms with Gasteiger partial charge in [0.05, 0.1) is 7.11 Å². The number of ether oxygens (including phenoxy) is 2. The van der Waals surface area contributed by atoms with Crippen LogP contribution in [-0.2, 0) is 4.74 Å². The molecule has 0 saturated carbocycles. The van der Waals surface area contributed by atoms with E-state index in [2.05, 4.69) is 10.1 Å². The summed E-state index contributed by atoms with van der Waals surface area (Å²) in [6, 6.07) is 6.20. The highest BCUT2D eigenvalue weighted by Crippen LogP contribution is 2.12. The van der Waals surface area contributed by atoms with Crippen molar-refractivity contribution in [3.63, 3.8) is 0 Å². The van der Waals surface area contributed by atoms with Crippen LogP contribution in [0.5, 0.6) is 5.75 Å². The molecule has 0 aliphatic carbocycles. The summed E-state index contributed by atoms with van der Waals surface area (Å²) >= 11 is 0. The van der Waals surface area contributed by atoms with Gasteiger partial charge in [0.25, 0.3) is 5.91 Å². The molecule has 1 amide bonds. The van der Waals surface area contributed by atoms with Gasteiger partial charge in [-0.3, -0.25) is 4.79 Å². The zero-order valence-corrected chi connectivity index (χ0v) is 9.15. The van der Waals surface area contributed by atoms with E-state index in [1.807, 2.05) is 6.92 Å². The molecule has 0 spiro atoms. The van der Waals surface area contributed by atoms with Crippen molar-refractivity contribution >= 4 is 12.1 Å². The summed E-state index contributed by atoms with van der Waals surface area (Å²) in [6.07, 6.45) is -0.786. The Kier molecular flexibility index (Phi) is 4.32. The lowest BCUT2D eigenvalue weighted by Crippen LogP contribution is -2.22. The molecule has 1 N–H and O–H groups in total. The van der Waals surface area contributed by atoms with E-state index in [4.69, 9.17) is 4.74 Å². The highest BCUT2D eigenvalue weighted by molar-refractivity contribution is 5.94. The van der Waals surface area contributed by atoms with E-state index in [1.54, 1.807) is 12.1 Å². The molecule has 5 nitrogen and oxygen atoms in total. The largest absolute Gasteiger partial charge is 0.513 e. The van der Waals surface area contributed by atoms with E-state index < -0.39 is 6.16 Å². The van der Waals surface area contributed by atoms with E-state index in [1.165, 1.54) is 19.2 Å². The Morgan fingerprint density at radius 3 is 2.38 bits per heavy atom. The van der Waals surface area contributed by atoms with E-state index in [9.17, 15) is 9.59 Å². The first-order valence-electron chi connectivity index (χ1n) is 4.81. The Hall–Kier alpha value is -2.04. The molecule has 86 valence electrons. The Morgan fingerprint density at radius 2 is 1.88 bits per heavy atom. The Labute approximate surface area is 93.4 Å². The van der Waals surface area contributed by atoms with Gasteiger partial charge in [-0.25, -0.2) is 4.79 Å². The highest BCUT2D eigenvalue weighted by atomic mass is 16.7. The number of rotatable bonds is 3.